The largest absolute Gasteiger partial charge is 0.495 e. The van der Waals surface area contributed by atoms with Gasteiger partial charge in [-0.15, -0.1) is 0 Å². The zero-order valence-corrected chi connectivity index (χ0v) is 15.8. The van der Waals surface area contributed by atoms with Crippen LogP contribution in [0.15, 0.2) is 48.5 Å². The van der Waals surface area contributed by atoms with Crippen molar-refractivity contribution in [1.82, 2.24) is 4.90 Å². The van der Waals surface area contributed by atoms with Crippen LogP contribution < -0.4 is 15.0 Å². The maximum atomic E-state index is 13.1. The van der Waals surface area contributed by atoms with E-state index in [2.05, 4.69) is 5.32 Å². The number of nitrogens with zero attached hydrogens (tertiary/aromatic N) is 2. The molecule has 146 valence electrons. The van der Waals surface area contributed by atoms with Crippen LogP contribution in [0.25, 0.3) is 0 Å². The van der Waals surface area contributed by atoms with Gasteiger partial charge in [0, 0.05) is 25.1 Å². The molecule has 2 heterocycles. The molecule has 7 nitrogen and oxygen atoms in total. The molecule has 1 fully saturated rings. The first-order valence-corrected chi connectivity index (χ1v) is 9.27. The Bertz CT molecular complexity index is 916. The maximum absolute atomic E-state index is 13.1. The summed E-state index contributed by atoms with van der Waals surface area (Å²) < 4.78 is 5.32. The molecule has 2 aliphatic rings. The minimum Gasteiger partial charge on any atom is -0.495 e. The summed E-state index contributed by atoms with van der Waals surface area (Å²) in [7, 11) is 1.56. The standard InChI is InChI=1S/C21H23N3O4/c1-13(26)24-17-11-23(21(27)22-15-8-4-6-10-19(15)28-2)16-9-5-3-7-14(16)20(17)18(24)12-25/h3-10,17-18,20,25H,11-12H2,1-2H3,(H,22,27)/t17-,18-,20+/m1/s1. The summed E-state index contributed by atoms with van der Waals surface area (Å²) >= 11 is 0. The summed E-state index contributed by atoms with van der Waals surface area (Å²) in [5.41, 5.74) is 2.36. The summed E-state index contributed by atoms with van der Waals surface area (Å²) in [6.45, 7) is 1.78. The zero-order valence-electron chi connectivity index (χ0n) is 15.8. The lowest BCUT2D eigenvalue weighted by atomic mass is 9.72. The molecule has 2 aromatic rings. The van der Waals surface area contributed by atoms with Gasteiger partial charge in [0.15, 0.2) is 0 Å². The van der Waals surface area contributed by atoms with Gasteiger partial charge in [0.05, 0.1) is 31.5 Å². The van der Waals surface area contributed by atoms with E-state index in [0.717, 1.165) is 11.3 Å². The van der Waals surface area contributed by atoms with E-state index >= 15 is 0 Å². The average molecular weight is 381 g/mol. The fraction of sp³-hybridized carbons (Fsp3) is 0.333. The number of amides is 3. The highest BCUT2D eigenvalue weighted by molar-refractivity contribution is 6.03. The van der Waals surface area contributed by atoms with Crippen LogP contribution >= 0.6 is 0 Å². The number of rotatable bonds is 3. The predicted molar refractivity (Wildman–Crippen MR) is 106 cm³/mol. The number of aliphatic hydroxyl groups is 1. The molecule has 0 radical (unpaired) electrons. The minimum atomic E-state index is -0.286. The number of fused-ring (bicyclic) bond motifs is 3. The summed E-state index contributed by atoms with van der Waals surface area (Å²) in [5.74, 6) is 0.513. The predicted octanol–water partition coefficient (Wildman–Crippen LogP) is 2.42. The second kappa shape index (κ2) is 7.16. The number of urea groups is 1. The third kappa shape index (κ3) is 2.79. The number of carbonyl (C=O) groups excluding carboxylic acids is 2. The van der Waals surface area contributed by atoms with Gasteiger partial charge in [-0.05, 0) is 23.8 Å². The molecular formula is C21H23N3O4. The van der Waals surface area contributed by atoms with Crippen LogP contribution in [-0.2, 0) is 4.79 Å². The topological polar surface area (TPSA) is 82.1 Å². The van der Waals surface area contributed by atoms with Crippen LogP contribution in [0.3, 0.4) is 0 Å². The molecule has 4 rings (SSSR count). The Morgan fingerprint density at radius 1 is 1.18 bits per heavy atom. The summed E-state index contributed by atoms with van der Waals surface area (Å²) in [6, 6.07) is 14.2. The first-order valence-electron chi connectivity index (χ1n) is 9.27. The quantitative estimate of drug-likeness (QED) is 0.856. The molecule has 0 bridgehead atoms. The lowest BCUT2D eigenvalue weighted by Crippen LogP contribution is -2.70. The van der Waals surface area contributed by atoms with Crippen molar-refractivity contribution in [2.45, 2.75) is 24.9 Å². The molecule has 28 heavy (non-hydrogen) atoms. The fourth-order valence-corrected chi connectivity index (χ4v) is 4.46. The van der Waals surface area contributed by atoms with Crippen molar-refractivity contribution in [3.63, 3.8) is 0 Å². The molecule has 1 saturated heterocycles. The van der Waals surface area contributed by atoms with E-state index in [-0.39, 0.29) is 36.5 Å². The summed E-state index contributed by atoms with van der Waals surface area (Å²) in [4.78, 5) is 28.5. The third-order valence-electron chi connectivity index (χ3n) is 5.64. The SMILES string of the molecule is COc1ccccc1NC(=O)N1C[C@@H]2[C@H](c3ccccc31)[C@@H](CO)N2C(C)=O. The van der Waals surface area contributed by atoms with E-state index in [4.69, 9.17) is 4.74 Å². The monoisotopic (exact) mass is 381 g/mol. The van der Waals surface area contributed by atoms with Crippen molar-refractivity contribution in [3.05, 3.63) is 54.1 Å². The Hall–Kier alpha value is -3.06. The number of nitrogens with one attached hydrogen (secondary N) is 1. The molecule has 2 aromatic carbocycles. The second-order valence-corrected chi connectivity index (χ2v) is 7.07. The molecule has 0 unspecified atom stereocenters. The number of carbonyl (C=O) groups is 2. The number of hydrogen-bond acceptors (Lipinski definition) is 4. The number of benzene rings is 2. The molecule has 0 aromatic heterocycles. The molecule has 0 saturated carbocycles. The highest BCUT2D eigenvalue weighted by atomic mass is 16.5. The molecule has 0 spiro atoms. The molecule has 2 N–H and O–H groups in total. The Labute approximate surface area is 163 Å². The van der Waals surface area contributed by atoms with Crippen LogP contribution in [-0.4, -0.2) is 54.3 Å². The van der Waals surface area contributed by atoms with Crippen molar-refractivity contribution < 1.29 is 19.4 Å². The van der Waals surface area contributed by atoms with Gasteiger partial charge in [-0.1, -0.05) is 30.3 Å². The Balaban J connectivity index is 1.67. The van der Waals surface area contributed by atoms with Gasteiger partial charge in [0.25, 0.3) is 0 Å². The van der Waals surface area contributed by atoms with E-state index < -0.39 is 0 Å². The van der Waals surface area contributed by atoms with Gasteiger partial charge in [-0.2, -0.15) is 0 Å². The minimum absolute atomic E-state index is 0.0282. The lowest BCUT2D eigenvalue weighted by Gasteiger charge is -2.58. The van der Waals surface area contributed by atoms with Crippen molar-refractivity contribution in [1.29, 1.82) is 0 Å². The molecule has 0 aliphatic carbocycles. The highest BCUT2D eigenvalue weighted by Gasteiger charge is 2.54. The highest BCUT2D eigenvalue weighted by Crippen LogP contribution is 2.48. The van der Waals surface area contributed by atoms with E-state index in [0.29, 0.717) is 18.0 Å². The summed E-state index contributed by atoms with van der Waals surface area (Å²) in [5, 5.41) is 12.7. The molecule has 7 heteroatoms. The first kappa shape index (κ1) is 18.3. The molecule has 3 amide bonds. The number of ether oxygens (including phenoxy) is 1. The number of para-hydroxylation sites is 3. The average Bonchev–Trinajstić information content (AvgIpc) is 2.68. The number of aliphatic hydroxyl groups excluding tert-OH is 1. The van der Waals surface area contributed by atoms with Crippen LogP contribution in [0, 0.1) is 0 Å². The first-order chi connectivity index (χ1) is 13.6. The van der Waals surface area contributed by atoms with Crippen molar-refractivity contribution >= 4 is 23.3 Å². The lowest BCUT2D eigenvalue weighted by molar-refractivity contribution is -0.147. The van der Waals surface area contributed by atoms with E-state index in [9.17, 15) is 14.7 Å². The van der Waals surface area contributed by atoms with Gasteiger partial charge in [-0.3, -0.25) is 9.69 Å². The van der Waals surface area contributed by atoms with Crippen molar-refractivity contribution in [2.24, 2.45) is 0 Å². The summed E-state index contributed by atoms with van der Waals surface area (Å²) in [6.07, 6.45) is 0. The van der Waals surface area contributed by atoms with Crippen molar-refractivity contribution in [3.8, 4) is 5.75 Å². The molecular weight excluding hydrogens is 358 g/mol. The van der Waals surface area contributed by atoms with Crippen molar-refractivity contribution in [2.75, 3.05) is 30.5 Å². The zero-order chi connectivity index (χ0) is 19.8. The van der Waals surface area contributed by atoms with Gasteiger partial charge in [0.1, 0.15) is 5.75 Å². The number of anilines is 2. The van der Waals surface area contributed by atoms with E-state index in [1.165, 1.54) is 6.92 Å². The van der Waals surface area contributed by atoms with Crippen LogP contribution in [0.5, 0.6) is 5.75 Å². The van der Waals surface area contributed by atoms with Gasteiger partial charge < -0.3 is 20.1 Å². The van der Waals surface area contributed by atoms with Crippen LogP contribution in [0.4, 0.5) is 16.2 Å². The maximum Gasteiger partial charge on any atom is 0.326 e. The molecule has 3 atom stereocenters. The Morgan fingerprint density at radius 2 is 1.89 bits per heavy atom. The smallest absolute Gasteiger partial charge is 0.326 e. The number of likely N-dealkylation sites (tertiary alicyclic amines) is 1. The van der Waals surface area contributed by atoms with Crippen LogP contribution in [0.1, 0.15) is 18.4 Å². The van der Waals surface area contributed by atoms with Gasteiger partial charge in [-0.25, -0.2) is 4.79 Å². The van der Waals surface area contributed by atoms with E-state index in [1.807, 2.05) is 36.4 Å². The second-order valence-electron chi connectivity index (χ2n) is 7.07. The van der Waals surface area contributed by atoms with Crippen LogP contribution in [0.2, 0.25) is 0 Å². The third-order valence-corrected chi connectivity index (χ3v) is 5.64. The Kier molecular flexibility index (Phi) is 4.68. The molecule has 2 aliphatic heterocycles. The number of methoxy groups -OCH3 is 1. The van der Waals surface area contributed by atoms with Gasteiger partial charge >= 0.3 is 6.03 Å². The fourth-order valence-electron chi connectivity index (χ4n) is 4.46. The van der Waals surface area contributed by atoms with E-state index in [1.54, 1.807) is 29.0 Å². The number of hydrogen-bond donors (Lipinski definition) is 2. The van der Waals surface area contributed by atoms with Gasteiger partial charge in [0.2, 0.25) is 5.91 Å². The normalized spacial score (nSPS) is 22.6. The Morgan fingerprint density at radius 3 is 2.61 bits per heavy atom.